The molecular formula is C13H21N5. The van der Waals surface area contributed by atoms with Gasteiger partial charge in [0.05, 0.1) is 0 Å². The van der Waals surface area contributed by atoms with Gasteiger partial charge >= 0.3 is 0 Å². The van der Waals surface area contributed by atoms with Crippen LogP contribution in [0.15, 0.2) is 12.4 Å². The van der Waals surface area contributed by atoms with E-state index >= 15 is 0 Å². The van der Waals surface area contributed by atoms with Gasteiger partial charge < -0.3 is 15.1 Å². The summed E-state index contributed by atoms with van der Waals surface area (Å²) in [6, 6.07) is 0. The fraction of sp³-hybridized carbons (Fsp3) is 0.692. The summed E-state index contributed by atoms with van der Waals surface area (Å²) in [6.07, 6.45) is 5.27. The molecule has 1 N–H and O–H groups in total. The predicted molar refractivity (Wildman–Crippen MR) is 72.0 cm³/mol. The fourth-order valence-corrected chi connectivity index (χ4v) is 2.78. The average Bonchev–Trinajstić information content (AvgIpc) is 2.87. The maximum absolute atomic E-state index is 4.54. The topological polar surface area (TPSA) is 44.3 Å². The van der Waals surface area contributed by atoms with E-state index in [1.165, 1.54) is 18.5 Å². The van der Waals surface area contributed by atoms with Crippen LogP contribution in [0.2, 0.25) is 0 Å². The summed E-state index contributed by atoms with van der Waals surface area (Å²) in [5.74, 6) is 1.50. The summed E-state index contributed by atoms with van der Waals surface area (Å²) in [4.78, 5) is 13.7. The molecule has 5 nitrogen and oxygen atoms in total. The highest BCUT2D eigenvalue weighted by Crippen LogP contribution is 2.25. The Balaban J connectivity index is 1.68. The molecule has 1 aromatic rings. The minimum Gasteiger partial charge on any atom is -0.338 e. The first-order valence-electron chi connectivity index (χ1n) is 6.79. The van der Waals surface area contributed by atoms with E-state index in [2.05, 4.69) is 32.1 Å². The van der Waals surface area contributed by atoms with Crippen LogP contribution in [0, 0.1) is 0 Å². The summed E-state index contributed by atoms with van der Waals surface area (Å²) in [7, 11) is 2.18. The van der Waals surface area contributed by atoms with Gasteiger partial charge in [-0.15, -0.1) is 0 Å². The third kappa shape index (κ3) is 2.47. The van der Waals surface area contributed by atoms with Gasteiger partial charge in [0.25, 0.3) is 0 Å². The van der Waals surface area contributed by atoms with Gasteiger partial charge in [0.1, 0.15) is 0 Å². The maximum atomic E-state index is 4.54. The van der Waals surface area contributed by atoms with E-state index in [1.54, 1.807) is 0 Å². The highest BCUT2D eigenvalue weighted by Gasteiger charge is 2.22. The summed E-state index contributed by atoms with van der Waals surface area (Å²) >= 11 is 0. The number of hydrogen-bond acceptors (Lipinski definition) is 5. The molecule has 0 spiro atoms. The van der Waals surface area contributed by atoms with Crippen molar-refractivity contribution in [3.05, 3.63) is 18.0 Å². The molecule has 2 saturated heterocycles. The molecule has 2 aliphatic rings. The number of rotatable bonds is 2. The third-order valence-corrected chi connectivity index (χ3v) is 3.92. The Morgan fingerprint density at radius 2 is 1.89 bits per heavy atom. The molecule has 0 aromatic carbocycles. The van der Waals surface area contributed by atoms with Crippen molar-refractivity contribution in [2.24, 2.45) is 0 Å². The molecule has 5 heteroatoms. The van der Waals surface area contributed by atoms with Gasteiger partial charge in [-0.3, -0.25) is 0 Å². The van der Waals surface area contributed by atoms with E-state index in [-0.39, 0.29) is 0 Å². The van der Waals surface area contributed by atoms with Crippen molar-refractivity contribution in [1.82, 2.24) is 20.2 Å². The van der Waals surface area contributed by atoms with Crippen LogP contribution < -0.4 is 10.2 Å². The Morgan fingerprint density at radius 1 is 1.17 bits per heavy atom. The van der Waals surface area contributed by atoms with Gasteiger partial charge in [0, 0.05) is 51.0 Å². The predicted octanol–water partition coefficient (Wildman–Crippen LogP) is 0.305. The first-order chi connectivity index (χ1) is 8.83. The second-order valence-corrected chi connectivity index (χ2v) is 5.30. The quantitative estimate of drug-likeness (QED) is 0.814. The van der Waals surface area contributed by atoms with Gasteiger partial charge in [0.2, 0.25) is 5.95 Å². The van der Waals surface area contributed by atoms with Crippen molar-refractivity contribution in [1.29, 1.82) is 0 Å². The number of hydrogen-bond donors (Lipinski definition) is 1. The highest BCUT2D eigenvalue weighted by molar-refractivity contribution is 5.31. The zero-order valence-corrected chi connectivity index (χ0v) is 11.0. The van der Waals surface area contributed by atoms with Crippen molar-refractivity contribution >= 4 is 5.95 Å². The number of likely N-dealkylation sites (tertiary alicyclic amines) is 1. The lowest BCUT2D eigenvalue weighted by molar-refractivity contribution is 0.411. The molecule has 3 heterocycles. The molecule has 2 aliphatic heterocycles. The molecule has 0 saturated carbocycles. The molecule has 1 aromatic heterocycles. The minimum absolute atomic E-state index is 0.618. The summed E-state index contributed by atoms with van der Waals surface area (Å²) < 4.78 is 0. The number of piperazine rings is 1. The van der Waals surface area contributed by atoms with Crippen molar-refractivity contribution < 1.29 is 0 Å². The summed E-state index contributed by atoms with van der Waals surface area (Å²) in [6.45, 7) is 6.38. The second-order valence-electron chi connectivity index (χ2n) is 5.30. The Bertz CT molecular complexity index is 361. The number of anilines is 1. The van der Waals surface area contributed by atoms with Crippen LogP contribution in [0.4, 0.5) is 5.95 Å². The number of nitrogens with zero attached hydrogens (tertiary/aromatic N) is 4. The molecule has 98 valence electrons. The van der Waals surface area contributed by atoms with Crippen LogP contribution in [-0.2, 0) is 0 Å². The normalized spacial score (nSPS) is 25.6. The zero-order valence-electron chi connectivity index (χ0n) is 11.0. The van der Waals surface area contributed by atoms with Crippen molar-refractivity contribution in [2.75, 3.05) is 51.2 Å². The minimum atomic E-state index is 0.618. The molecule has 18 heavy (non-hydrogen) atoms. The first kappa shape index (κ1) is 11.9. The number of likely N-dealkylation sites (N-methyl/N-ethyl adjacent to an activating group) is 1. The molecule has 0 bridgehead atoms. The SMILES string of the molecule is CN1CCC(c2cnc(N3CCNCC3)nc2)C1. The molecular weight excluding hydrogens is 226 g/mol. The zero-order chi connectivity index (χ0) is 12.4. The molecule has 1 atom stereocenters. The summed E-state index contributed by atoms with van der Waals surface area (Å²) in [5.41, 5.74) is 1.29. The lowest BCUT2D eigenvalue weighted by atomic mass is 10.0. The van der Waals surface area contributed by atoms with E-state index in [0.717, 1.165) is 38.7 Å². The van der Waals surface area contributed by atoms with Gasteiger partial charge in [0.15, 0.2) is 0 Å². The number of nitrogens with one attached hydrogen (secondary N) is 1. The van der Waals surface area contributed by atoms with Crippen LogP contribution in [0.25, 0.3) is 0 Å². The van der Waals surface area contributed by atoms with Crippen LogP contribution in [0.5, 0.6) is 0 Å². The largest absolute Gasteiger partial charge is 0.338 e. The standard InChI is InChI=1S/C13H21N5/c1-17-5-2-11(10-17)12-8-15-13(16-9-12)18-6-3-14-4-7-18/h8-9,11,14H,2-7,10H2,1H3. The van der Waals surface area contributed by atoms with E-state index < -0.39 is 0 Å². The molecule has 3 rings (SSSR count). The van der Waals surface area contributed by atoms with Crippen LogP contribution >= 0.6 is 0 Å². The van der Waals surface area contributed by atoms with Crippen molar-refractivity contribution in [3.63, 3.8) is 0 Å². The Kier molecular flexibility index (Phi) is 3.43. The summed E-state index contributed by atoms with van der Waals surface area (Å²) in [5, 5.41) is 3.34. The van der Waals surface area contributed by atoms with Crippen molar-refractivity contribution in [3.8, 4) is 0 Å². The lowest BCUT2D eigenvalue weighted by Crippen LogP contribution is -2.44. The Hall–Kier alpha value is -1.20. The third-order valence-electron chi connectivity index (χ3n) is 3.92. The Morgan fingerprint density at radius 3 is 2.50 bits per heavy atom. The lowest BCUT2D eigenvalue weighted by Gasteiger charge is -2.27. The highest BCUT2D eigenvalue weighted by atomic mass is 15.3. The van der Waals surface area contributed by atoms with Gasteiger partial charge in [-0.05, 0) is 25.6 Å². The molecule has 0 radical (unpaired) electrons. The van der Waals surface area contributed by atoms with Crippen LogP contribution in [-0.4, -0.2) is 61.2 Å². The van der Waals surface area contributed by atoms with Gasteiger partial charge in [-0.2, -0.15) is 0 Å². The average molecular weight is 247 g/mol. The van der Waals surface area contributed by atoms with Crippen molar-refractivity contribution in [2.45, 2.75) is 12.3 Å². The first-order valence-corrected chi connectivity index (χ1v) is 6.79. The van der Waals surface area contributed by atoms with E-state index in [1.807, 2.05) is 12.4 Å². The van der Waals surface area contributed by atoms with E-state index in [4.69, 9.17) is 0 Å². The molecule has 2 fully saturated rings. The maximum Gasteiger partial charge on any atom is 0.225 e. The van der Waals surface area contributed by atoms with Crippen LogP contribution in [0.1, 0.15) is 17.9 Å². The second kappa shape index (κ2) is 5.20. The molecule has 0 amide bonds. The molecule has 1 unspecified atom stereocenters. The van der Waals surface area contributed by atoms with E-state index in [0.29, 0.717) is 5.92 Å². The van der Waals surface area contributed by atoms with Gasteiger partial charge in [-0.25, -0.2) is 9.97 Å². The molecule has 0 aliphatic carbocycles. The van der Waals surface area contributed by atoms with Crippen LogP contribution in [0.3, 0.4) is 0 Å². The van der Waals surface area contributed by atoms with Gasteiger partial charge in [-0.1, -0.05) is 0 Å². The van der Waals surface area contributed by atoms with E-state index in [9.17, 15) is 0 Å². The number of aromatic nitrogens is 2. The monoisotopic (exact) mass is 247 g/mol. The fourth-order valence-electron chi connectivity index (χ4n) is 2.78. The Labute approximate surface area is 108 Å². The smallest absolute Gasteiger partial charge is 0.225 e.